The maximum Gasteiger partial charge on any atom is 0.130 e. The van der Waals surface area contributed by atoms with E-state index in [4.69, 9.17) is 11.6 Å². The normalized spacial score (nSPS) is 10.5. The van der Waals surface area contributed by atoms with E-state index in [0.29, 0.717) is 5.02 Å². The van der Waals surface area contributed by atoms with Gasteiger partial charge in [0.05, 0.1) is 16.4 Å². The molecule has 0 aliphatic heterocycles. The highest BCUT2D eigenvalue weighted by Crippen LogP contribution is 2.27. The Kier molecular flexibility index (Phi) is 2.25. The summed E-state index contributed by atoms with van der Waals surface area (Å²) in [4.78, 5) is 4.20. The molecule has 0 bridgehead atoms. The molecule has 0 aromatic carbocycles. The van der Waals surface area contributed by atoms with Gasteiger partial charge in [0, 0.05) is 13.2 Å². The summed E-state index contributed by atoms with van der Waals surface area (Å²) in [5.74, 6) is 0. The second kappa shape index (κ2) is 3.42. The Morgan fingerprint density at radius 2 is 2.14 bits per heavy atom. The van der Waals surface area contributed by atoms with Crippen molar-refractivity contribution in [2.45, 2.75) is 6.92 Å². The number of nitrogens with zero attached hydrogens (tertiary/aromatic N) is 3. The van der Waals surface area contributed by atoms with Crippen molar-refractivity contribution in [3.05, 3.63) is 35.1 Å². The molecule has 0 atom stereocenters. The van der Waals surface area contributed by atoms with E-state index in [2.05, 4.69) is 10.1 Å². The van der Waals surface area contributed by atoms with E-state index >= 15 is 0 Å². The van der Waals surface area contributed by atoms with E-state index in [1.54, 1.807) is 10.9 Å². The molecule has 0 aliphatic carbocycles. The van der Waals surface area contributed by atoms with Crippen molar-refractivity contribution in [2.75, 3.05) is 0 Å². The Hall–Kier alpha value is -1.35. The number of aryl methyl sites for hydroxylation is 1. The number of rotatable bonds is 1. The van der Waals surface area contributed by atoms with Gasteiger partial charge in [0.15, 0.2) is 0 Å². The summed E-state index contributed by atoms with van der Waals surface area (Å²) in [6.45, 7) is 1.93. The predicted molar refractivity (Wildman–Crippen MR) is 56.2 cm³/mol. The Bertz CT molecular complexity index is 448. The van der Waals surface area contributed by atoms with Crippen LogP contribution >= 0.6 is 11.6 Å². The molecule has 0 fully saturated rings. The second-order valence-electron chi connectivity index (χ2n) is 3.09. The fourth-order valence-electron chi connectivity index (χ4n) is 1.25. The van der Waals surface area contributed by atoms with Crippen molar-refractivity contribution < 1.29 is 0 Å². The molecule has 0 spiro atoms. The average molecular weight is 208 g/mol. The van der Waals surface area contributed by atoms with Crippen LogP contribution in [-0.2, 0) is 7.05 Å². The van der Waals surface area contributed by atoms with Crippen LogP contribution in [0.3, 0.4) is 0 Å². The average Bonchev–Trinajstić information content (AvgIpc) is 2.47. The van der Waals surface area contributed by atoms with Crippen LogP contribution in [-0.4, -0.2) is 14.8 Å². The standard InChI is InChI=1S/C10H10ClN3/c1-7-9(11)10(13-14(7)2)8-5-3-4-6-12-8/h3-6H,1-2H3. The highest BCUT2D eigenvalue weighted by Gasteiger charge is 2.12. The van der Waals surface area contributed by atoms with Gasteiger partial charge in [0.2, 0.25) is 0 Å². The first kappa shape index (κ1) is 9.21. The van der Waals surface area contributed by atoms with Gasteiger partial charge in [0.25, 0.3) is 0 Å². The van der Waals surface area contributed by atoms with Crippen molar-refractivity contribution in [3.63, 3.8) is 0 Å². The highest BCUT2D eigenvalue weighted by atomic mass is 35.5. The van der Waals surface area contributed by atoms with Crippen molar-refractivity contribution >= 4 is 11.6 Å². The summed E-state index contributed by atoms with van der Waals surface area (Å²) in [5.41, 5.74) is 2.50. The van der Waals surface area contributed by atoms with Gasteiger partial charge in [-0.3, -0.25) is 9.67 Å². The van der Waals surface area contributed by atoms with E-state index in [-0.39, 0.29) is 0 Å². The van der Waals surface area contributed by atoms with Gasteiger partial charge in [-0.25, -0.2) is 0 Å². The Morgan fingerprint density at radius 1 is 1.36 bits per heavy atom. The van der Waals surface area contributed by atoms with Gasteiger partial charge in [-0.1, -0.05) is 17.7 Å². The largest absolute Gasteiger partial charge is 0.271 e. The van der Waals surface area contributed by atoms with Crippen molar-refractivity contribution in [1.82, 2.24) is 14.8 Å². The van der Waals surface area contributed by atoms with Crippen molar-refractivity contribution in [3.8, 4) is 11.4 Å². The molecule has 0 N–H and O–H groups in total. The minimum Gasteiger partial charge on any atom is -0.271 e. The van der Waals surface area contributed by atoms with Crippen LogP contribution < -0.4 is 0 Å². The third-order valence-electron chi connectivity index (χ3n) is 2.17. The van der Waals surface area contributed by atoms with Gasteiger partial charge in [0.1, 0.15) is 5.69 Å². The smallest absolute Gasteiger partial charge is 0.130 e. The van der Waals surface area contributed by atoms with Crippen molar-refractivity contribution in [1.29, 1.82) is 0 Å². The molecular formula is C10H10ClN3. The lowest BCUT2D eigenvalue weighted by atomic mass is 10.2. The molecule has 2 aromatic heterocycles. The first-order valence-electron chi connectivity index (χ1n) is 4.30. The molecule has 2 aromatic rings. The molecule has 3 nitrogen and oxygen atoms in total. The van der Waals surface area contributed by atoms with Crippen molar-refractivity contribution in [2.24, 2.45) is 7.05 Å². The Balaban J connectivity index is 2.58. The first-order valence-corrected chi connectivity index (χ1v) is 4.68. The molecule has 0 radical (unpaired) electrons. The van der Waals surface area contributed by atoms with Crippen LogP contribution in [0.2, 0.25) is 5.02 Å². The summed E-state index contributed by atoms with van der Waals surface area (Å²) in [5, 5.41) is 4.97. The van der Waals surface area contributed by atoms with Crippen LogP contribution in [0.25, 0.3) is 11.4 Å². The summed E-state index contributed by atoms with van der Waals surface area (Å²) in [6.07, 6.45) is 1.73. The number of hydrogen-bond donors (Lipinski definition) is 0. The molecule has 14 heavy (non-hydrogen) atoms. The van der Waals surface area contributed by atoms with Gasteiger partial charge in [-0.15, -0.1) is 0 Å². The molecule has 0 saturated carbocycles. The van der Waals surface area contributed by atoms with E-state index in [9.17, 15) is 0 Å². The molecule has 0 unspecified atom stereocenters. The lowest BCUT2D eigenvalue weighted by Gasteiger charge is -1.94. The molecule has 2 heterocycles. The van der Waals surface area contributed by atoms with Gasteiger partial charge >= 0.3 is 0 Å². The topological polar surface area (TPSA) is 30.7 Å². The number of hydrogen-bond acceptors (Lipinski definition) is 2. The summed E-state index contributed by atoms with van der Waals surface area (Å²) >= 11 is 6.13. The van der Waals surface area contributed by atoms with E-state index in [0.717, 1.165) is 17.1 Å². The van der Waals surface area contributed by atoms with Crippen LogP contribution in [0.5, 0.6) is 0 Å². The number of aromatic nitrogens is 3. The second-order valence-corrected chi connectivity index (χ2v) is 3.46. The lowest BCUT2D eigenvalue weighted by molar-refractivity contribution is 0.742. The zero-order valence-corrected chi connectivity index (χ0v) is 8.78. The lowest BCUT2D eigenvalue weighted by Crippen LogP contribution is -1.92. The minimum absolute atomic E-state index is 0.672. The summed E-state index contributed by atoms with van der Waals surface area (Å²) in [6, 6.07) is 5.68. The molecule has 72 valence electrons. The monoisotopic (exact) mass is 207 g/mol. The maximum atomic E-state index is 6.13. The van der Waals surface area contributed by atoms with E-state index < -0.39 is 0 Å². The zero-order chi connectivity index (χ0) is 10.1. The summed E-state index contributed by atoms with van der Waals surface area (Å²) < 4.78 is 1.76. The van der Waals surface area contributed by atoms with Crippen LogP contribution in [0.1, 0.15) is 5.69 Å². The Labute approximate surface area is 87.3 Å². The van der Waals surface area contributed by atoms with Gasteiger partial charge in [-0.05, 0) is 19.1 Å². The molecule has 0 aliphatic rings. The number of halogens is 1. The molecule has 2 rings (SSSR count). The SMILES string of the molecule is Cc1c(Cl)c(-c2ccccn2)nn1C. The fourth-order valence-corrected chi connectivity index (χ4v) is 1.51. The van der Waals surface area contributed by atoms with Crippen LogP contribution in [0.15, 0.2) is 24.4 Å². The molecule has 4 heteroatoms. The number of pyridine rings is 1. The zero-order valence-electron chi connectivity index (χ0n) is 8.03. The molecule has 0 amide bonds. The molecule has 0 saturated heterocycles. The maximum absolute atomic E-state index is 6.13. The quantitative estimate of drug-likeness (QED) is 0.719. The van der Waals surface area contributed by atoms with Crippen LogP contribution in [0.4, 0.5) is 0 Å². The first-order chi connectivity index (χ1) is 6.70. The predicted octanol–water partition coefficient (Wildman–Crippen LogP) is 2.44. The highest BCUT2D eigenvalue weighted by molar-refractivity contribution is 6.33. The van der Waals surface area contributed by atoms with E-state index in [1.807, 2.05) is 32.2 Å². The van der Waals surface area contributed by atoms with Crippen LogP contribution in [0, 0.1) is 6.92 Å². The van der Waals surface area contributed by atoms with E-state index in [1.165, 1.54) is 0 Å². The fraction of sp³-hybridized carbons (Fsp3) is 0.200. The van der Waals surface area contributed by atoms with Gasteiger partial charge in [-0.2, -0.15) is 5.10 Å². The Morgan fingerprint density at radius 3 is 2.64 bits per heavy atom. The minimum atomic E-state index is 0.672. The van der Waals surface area contributed by atoms with Gasteiger partial charge < -0.3 is 0 Å². The third-order valence-corrected chi connectivity index (χ3v) is 2.62. The molecular weight excluding hydrogens is 198 g/mol. The third kappa shape index (κ3) is 1.40. The summed E-state index contributed by atoms with van der Waals surface area (Å²) in [7, 11) is 1.87.